The third-order valence-corrected chi connectivity index (χ3v) is 6.75. The normalized spacial score (nSPS) is 12.8. The molecule has 174 valence electrons. The average Bonchev–Trinajstić information content (AvgIpc) is 2.68. The minimum Gasteiger partial charge on any atom is -0.449 e. The summed E-state index contributed by atoms with van der Waals surface area (Å²) in [5, 5.41) is 12.9. The van der Waals surface area contributed by atoms with Crippen LogP contribution in [0, 0.1) is 13.8 Å². The number of sulfonamides is 2. The Morgan fingerprint density at radius 1 is 1.00 bits per heavy atom. The standard InChI is InChI=1S/C20H25N3O7S2/c1-12-10-16(11-18(13(12)2)32(22,28)29)20(25)30-14(3)19(24)23-9-8-15-4-6-17(7-5-15)31(21,26)27/h4-7,10-11,14H,8-9H2,1-3H3,(H,23,24)(H2,21,26,27)(H2,22,28,29). The molecule has 2 aromatic rings. The molecule has 2 rings (SSSR count). The highest BCUT2D eigenvalue weighted by Crippen LogP contribution is 2.21. The van der Waals surface area contributed by atoms with Crippen LogP contribution in [-0.4, -0.2) is 41.4 Å². The van der Waals surface area contributed by atoms with E-state index in [0.717, 1.165) is 11.6 Å². The molecule has 0 heterocycles. The minimum absolute atomic E-state index is 0.0113. The number of amides is 1. The van der Waals surface area contributed by atoms with Crippen LogP contribution in [0.3, 0.4) is 0 Å². The highest BCUT2D eigenvalue weighted by Gasteiger charge is 2.22. The number of aryl methyl sites for hydroxylation is 1. The number of carbonyl (C=O) groups is 2. The van der Waals surface area contributed by atoms with Crippen molar-refractivity contribution < 1.29 is 31.2 Å². The van der Waals surface area contributed by atoms with Gasteiger partial charge in [0.15, 0.2) is 6.10 Å². The van der Waals surface area contributed by atoms with Crippen LogP contribution in [0.2, 0.25) is 0 Å². The number of nitrogens with one attached hydrogen (secondary N) is 1. The molecule has 0 aliphatic carbocycles. The lowest BCUT2D eigenvalue weighted by Crippen LogP contribution is -2.37. The lowest BCUT2D eigenvalue weighted by molar-refractivity contribution is -0.129. The van der Waals surface area contributed by atoms with Gasteiger partial charge < -0.3 is 10.1 Å². The van der Waals surface area contributed by atoms with E-state index in [4.69, 9.17) is 15.0 Å². The van der Waals surface area contributed by atoms with Gasteiger partial charge in [0.1, 0.15) is 0 Å². The average molecular weight is 484 g/mol. The molecule has 12 heteroatoms. The largest absolute Gasteiger partial charge is 0.449 e. The number of esters is 1. The molecule has 10 nitrogen and oxygen atoms in total. The Labute approximate surface area is 187 Å². The maximum atomic E-state index is 12.4. The quantitative estimate of drug-likeness (QED) is 0.458. The smallest absolute Gasteiger partial charge is 0.338 e. The summed E-state index contributed by atoms with van der Waals surface area (Å²) in [6, 6.07) is 8.49. The van der Waals surface area contributed by atoms with E-state index in [9.17, 15) is 26.4 Å². The van der Waals surface area contributed by atoms with E-state index in [1.54, 1.807) is 26.0 Å². The van der Waals surface area contributed by atoms with Gasteiger partial charge >= 0.3 is 5.97 Å². The number of rotatable bonds is 8. The van der Waals surface area contributed by atoms with E-state index in [0.29, 0.717) is 17.5 Å². The third kappa shape index (κ3) is 6.60. The van der Waals surface area contributed by atoms with Crippen molar-refractivity contribution >= 4 is 31.9 Å². The first-order valence-corrected chi connectivity index (χ1v) is 12.5. The molecule has 2 aromatic carbocycles. The maximum Gasteiger partial charge on any atom is 0.338 e. The molecule has 5 N–H and O–H groups in total. The second-order valence-corrected chi connectivity index (χ2v) is 10.3. The summed E-state index contributed by atoms with van der Waals surface area (Å²) < 4.78 is 51.1. The first kappa shape index (κ1) is 25.5. The van der Waals surface area contributed by atoms with Gasteiger partial charge in [0.05, 0.1) is 15.4 Å². The number of hydrogen-bond acceptors (Lipinski definition) is 7. The molecule has 0 saturated heterocycles. The molecule has 1 unspecified atom stereocenters. The predicted octanol–water partition coefficient (Wildman–Crippen LogP) is 0.502. The van der Waals surface area contributed by atoms with Crippen molar-refractivity contribution in [3.05, 3.63) is 58.7 Å². The number of nitrogens with two attached hydrogens (primary N) is 2. The molecule has 1 amide bonds. The van der Waals surface area contributed by atoms with Gasteiger partial charge in [-0.3, -0.25) is 4.79 Å². The molecule has 32 heavy (non-hydrogen) atoms. The number of primary sulfonamides is 2. The Balaban J connectivity index is 1.96. The monoisotopic (exact) mass is 483 g/mol. The van der Waals surface area contributed by atoms with E-state index in [1.165, 1.54) is 25.1 Å². The zero-order valence-corrected chi connectivity index (χ0v) is 19.4. The van der Waals surface area contributed by atoms with E-state index in [1.807, 2.05) is 0 Å². The van der Waals surface area contributed by atoms with Crippen LogP contribution < -0.4 is 15.6 Å². The molecule has 0 saturated carbocycles. The number of benzene rings is 2. The Hall–Kier alpha value is -2.80. The molecule has 0 fully saturated rings. The summed E-state index contributed by atoms with van der Waals surface area (Å²) in [6.07, 6.45) is -0.724. The lowest BCUT2D eigenvalue weighted by atomic mass is 10.1. The molecular weight excluding hydrogens is 458 g/mol. The summed E-state index contributed by atoms with van der Waals surface area (Å²) in [7, 11) is -7.81. The number of carbonyl (C=O) groups excluding carboxylic acids is 2. The van der Waals surface area contributed by atoms with Gasteiger partial charge in [-0.05, 0) is 68.1 Å². The van der Waals surface area contributed by atoms with Crippen molar-refractivity contribution in [1.29, 1.82) is 0 Å². The molecule has 0 aliphatic heterocycles. The van der Waals surface area contributed by atoms with Gasteiger partial charge in [-0.1, -0.05) is 12.1 Å². The highest BCUT2D eigenvalue weighted by molar-refractivity contribution is 7.89. The van der Waals surface area contributed by atoms with Crippen molar-refractivity contribution in [2.24, 2.45) is 10.3 Å². The van der Waals surface area contributed by atoms with Crippen LogP contribution in [-0.2, 0) is 36.0 Å². The summed E-state index contributed by atoms with van der Waals surface area (Å²) >= 11 is 0. The fourth-order valence-electron chi connectivity index (χ4n) is 2.84. The molecular formula is C20H25N3O7S2. The Bertz CT molecular complexity index is 1240. The number of hydrogen-bond donors (Lipinski definition) is 3. The second kappa shape index (κ2) is 9.77. The van der Waals surface area contributed by atoms with Crippen molar-refractivity contribution in [2.75, 3.05) is 6.54 Å². The summed E-state index contributed by atoms with van der Waals surface area (Å²) in [6.45, 7) is 4.81. The fraction of sp³-hybridized carbons (Fsp3) is 0.300. The van der Waals surface area contributed by atoms with Crippen LogP contribution in [0.1, 0.15) is 34.0 Å². The molecule has 0 radical (unpaired) electrons. The maximum absolute atomic E-state index is 12.4. The van der Waals surface area contributed by atoms with Gasteiger partial charge in [-0.15, -0.1) is 0 Å². The first-order chi connectivity index (χ1) is 14.7. The van der Waals surface area contributed by atoms with Gasteiger partial charge in [0, 0.05) is 6.54 Å². The zero-order valence-electron chi connectivity index (χ0n) is 17.8. The van der Waals surface area contributed by atoms with Gasteiger partial charge in [0.2, 0.25) is 20.0 Å². The lowest BCUT2D eigenvalue weighted by Gasteiger charge is -2.15. The van der Waals surface area contributed by atoms with Crippen LogP contribution in [0.25, 0.3) is 0 Å². The Kier molecular flexibility index (Phi) is 7.78. The molecule has 0 bridgehead atoms. The number of ether oxygens (including phenoxy) is 1. The molecule has 0 aliphatic rings. The van der Waals surface area contributed by atoms with Crippen LogP contribution in [0.4, 0.5) is 0 Å². The van der Waals surface area contributed by atoms with Gasteiger partial charge in [0.25, 0.3) is 5.91 Å². The summed E-state index contributed by atoms with van der Waals surface area (Å²) in [5.74, 6) is -1.41. The van der Waals surface area contributed by atoms with E-state index in [-0.39, 0.29) is 21.9 Å². The van der Waals surface area contributed by atoms with Crippen LogP contribution in [0.5, 0.6) is 0 Å². The highest BCUT2D eigenvalue weighted by atomic mass is 32.2. The Morgan fingerprint density at radius 3 is 2.12 bits per heavy atom. The first-order valence-electron chi connectivity index (χ1n) is 9.44. The second-order valence-electron chi connectivity index (χ2n) is 7.24. The topological polar surface area (TPSA) is 176 Å². The van der Waals surface area contributed by atoms with Crippen LogP contribution in [0.15, 0.2) is 46.2 Å². The Morgan fingerprint density at radius 2 is 1.59 bits per heavy atom. The van der Waals surface area contributed by atoms with Gasteiger partial charge in [-0.2, -0.15) is 0 Å². The minimum atomic E-state index is -4.03. The zero-order chi connectivity index (χ0) is 24.3. The van der Waals surface area contributed by atoms with Crippen molar-refractivity contribution in [1.82, 2.24) is 5.32 Å². The summed E-state index contributed by atoms with van der Waals surface area (Å²) in [5.41, 5.74) is 1.70. The van der Waals surface area contributed by atoms with Crippen molar-refractivity contribution in [3.8, 4) is 0 Å². The van der Waals surface area contributed by atoms with Gasteiger partial charge in [-0.25, -0.2) is 31.9 Å². The van der Waals surface area contributed by atoms with E-state index >= 15 is 0 Å². The van der Waals surface area contributed by atoms with Crippen molar-refractivity contribution in [2.45, 2.75) is 43.1 Å². The predicted molar refractivity (Wildman–Crippen MR) is 117 cm³/mol. The van der Waals surface area contributed by atoms with E-state index < -0.39 is 38.0 Å². The third-order valence-electron chi connectivity index (χ3n) is 4.78. The molecule has 0 spiro atoms. The van der Waals surface area contributed by atoms with Crippen LogP contribution >= 0.6 is 0 Å². The van der Waals surface area contributed by atoms with Crippen molar-refractivity contribution in [3.63, 3.8) is 0 Å². The summed E-state index contributed by atoms with van der Waals surface area (Å²) in [4.78, 5) is 24.4. The molecule has 0 aromatic heterocycles. The van der Waals surface area contributed by atoms with E-state index in [2.05, 4.69) is 5.32 Å². The fourth-order valence-corrected chi connectivity index (χ4v) is 4.24. The molecule has 1 atom stereocenters. The SMILES string of the molecule is Cc1cc(C(=O)OC(C)C(=O)NCCc2ccc(S(N)(=O)=O)cc2)cc(S(N)(=O)=O)c1C.